The molecule has 0 aliphatic heterocycles. The molecule has 0 spiro atoms. The van der Waals surface area contributed by atoms with Crippen molar-refractivity contribution in [1.82, 2.24) is 0 Å². The van der Waals surface area contributed by atoms with Gasteiger partial charge in [-0.1, -0.05) is 0 Å². The molecule has 1 rings (SSSR count). The van der Waals surface area contributed by atoms with Crippen LogP contribution in [0.15, 0.2) is 12.1 Å². The first kappa shape index (κ1) is 9.57. The Morgan fingerprint density at radius 1 is 1.42 bits per heavy atom. The molecule has 0 atom stereocenters. The van der Waals surface area contributed by atoms with Gasteiger partial charge in [0, 0.05) is 15.6 Å². The zero-order valence-corrected chi connectivity index (χ0v) is 8.14. The van der Waals surface area contributed by atoms with E-state index in [1.54, 1.807) is 0 Å². The highest BCUT2D eigenvalue weighted by molar-refractivity contribution is 14.1. The van der Waals surface area contributed by atoms with Crippen LogP contribution in [-0.2, 0) is 11.2 Å². The van der Waals surface area contributed by atoms with Crippen molar-refractivity contribution in [3.63, 3.8) is 0 Å². The lowest BCUT2D eigenvalue weighted by Crippen LogP contribution is -1.98. The number of rotatable bonds is 2. The second-order valence-electron chi connectivity index (χ2n) is 2.19. The molecular formula is C8H5F2IO. The van der Waals surface area contributed by atoms with Crippen LogP contribution in [0.25, 0.3) is 0 Å². The lowest BCUT2D eigenvalue weighted by atomic mass is 10.1. The first-order valence-electron chi connectivity index (χ1n) is 3.23. The highest BCUT2D eigenvalue weighted by Gasteiger charge is 2.10. The minimum Gasteiger partial charge on any atom is -0.303 e. The summed E-state index contributed by atoms with van der Waals surface area (Å²) in [6, 6.07) is 2.49. The molecular weight excluding hydrogens is 277 g/mol. The molecule has 0 fully saturated rings. The number of hydrogen-bond donors (Lipinski definition) is 0. The normalized spacial score (nSPS) is 9.92. The first-order chi connectivity index (χ1) is 5.66. The van der Waals surface area contributed by atoms with Crippen LogP contribution in [-0.4, -0.2) is 6.29 Å². The zero-order chi connectivity index (χ0) is 9.14. The van der Waals surface area contributed by atoms with Gasteiger partial charge in [-0.25, -0.2) is 8.78 Å². The standard InChI is InChI=1S/C8H5F2IO/c9-6-1-2-7(11)5(3-4-12)8(6)10/h1-2,4H,3H2. The number of aldehydes is 1. The van der Waals surface area contributed by atoms with Crippen LogP contribution in [0.1, 0.15) is 5.56 Å². The topological polar surface area (TPSA) is 17.1 Å². The molecule has 0 saturated heterocycles. The third-order valence-corrected chi connectivity index (χ3v) is 2.44. The maximum absolute atomic E-state index is 12.9. The fraction of sp³-hybridized carbons (Fsp3) is 0.125. The number of hydrogen-bond acceptors (Lipinski definition) is 1. The van der Waals surface area contributed by atoms with Crippen LogP contribution >= 0.6 is 22.6 Å². The van der Waals surface area contributed by atoms with Gasteiger partial charge in [-0.2, -0.15) is 0 Å². The number of benzene rings is 1. The first-order valence-corrected chi connectivity index (χ1v) is 4.30. The summed E-state index contributed by atoms with van der Waals surface area (Å²) >= 11 is 1.86. The van der Waals surface area contributed by atoms with E-state index in [0.29, 0.717) is 9.86 Å². The lowest BCUT2D eigenvalue weighted by Gasteiger charge is -2.01. The van der Waals surface area contributed by atoms with Crippen molar-refractivity contribution in [2.45, 2.75) is 6.42 Å². The molecule has 0 amide bonds. The Labute approximate surface area is 81.9 Å². The molecule has 0 N–H and O–H groups in total. The average Bonchev–Trinajstić information content (AvgIpc) is 2.06. The summed E-state index contributed by atoms with van der Waals surface area (Å²) in [6.45, 7) is 0. The van der Waals surface area contributed by atoms with E-state index in [9.17, 15) is 13.6 Å². The molecule has 1 nitrogen and oxygen atoms in total. The molecule has 12 heavy (non-hydrogen) atoms. The van der Waals surface area contributed by atoms with E-state index in [1.807, 2.05) is 22.6 Å². The largest absolute Gasteiger partial charge is 0.303 e. The predicted octanol–water partition coefficient (Wildman–Crippen LogP) is 2.31. The highest BCUT2D eigenvalue weighted by atomic mass is 127. The number of halogens is 3. The fourth-order valence-corrected chi connectivity index (χ4v) is 1.48. The van der Waals surface area contributed by atoms with E-state index in [2.05, 4.69) is 0 Å². The maximum atomic E-state index is 12.9. The van der Waals surface area contributed by atoms with Gasteiger partial charge < -0.3 is 4.79 Å². The van der Waals surface area contributed by atoms with Gasteiger partial charge in [0.25, 0.3) is 0 Å². The smallest absolute Gasteiger partial charge is 0.163 e. The van der Waals surface area contributed by atoms with Gasteiger partial charge in [-0.15, -0.1) is 0 Å². The van der Waals surface area contributed by atoms with E-state index in [0.717, 1.165) is 6.07 Å². The summed E-state index contributed by atoms with van der Waals surface area (Å²) in [5.41, 5.74) is 0.130. The summed E-state index contributed by atoms with van der Waals surface area (Å²) in [6.07, 6.45) is 0.474. The Hall–Kier alpha value is -0.520. The quantitative estimate of drug-likeness (QED) is 0.462. The van der Waals surface area contributed by atoms with E-state index in [4.69, 9.17) is 0 Å². The second-order valence-corrected chi connectivity index (χ2v) is 3.35. The molecule has 0 unspecified atom stereocenters. The van der Waals surface area contributed by atoms with Crippen LogP contribution in [0.2, 0.25) is 0 Å². The van der Waals surface area contributed by atoms with E-state index in [-0.39, 0.29) is 12.0 Å². The summed E-state index contributed by atoms with van der Waals surface area (Å²) in [5.74, 6) is -1.83. The lowest BCUT2D eigenvalue weighted by molar-refractivity contribution is -0.107. The van der Waals surface area contributed by atoms with Crippen LogP contribution in [0.4, 0.5) is 8.78 Å². The molecule has 0 bridgehead atoms. The van der Waals surface area contributed by atoms with Gasteiger partial charge >= 0.3 is 0 Å². The van der Waals surface area contributed by atoms with Crippen molar-refractivity contribution in [2.24, 2.45) is 0 Å². The minimum atomic E-state index is -0.922. The van der Waals surface area contributed by atoms with Gasteiger partial charge in [-0.3, -0.25) is 0 Å². The van der Waals surface area contributed by atoms with Crippen molar-refractivity contribution < 1.29 is 13.6 Å². The molecule has 0 aliphatic rings. The Balaban J connectivity index is 3.22. The monoisotopic (exact) mass is 282 g/mol. The Morgan fingerprint density at radius 2 is 2.08 bits per heavy atom. The molecule has 0 aliphatic carbocycles. The predicted molar refractivity (Wildman–Crippen MR) is 48.8 cm³/mol. The summed E-state index contributed by atoms with van der Waals surface area (Å²) in [5, 5.41) is 0. The molecule has 0 aromatic heterocycles. The van der Waals surface area contributed by atoms with Crippen LogP contribution < -0.4 is 0 Å². The third kappa shape index (κ3) is 1.80. The van der Waals surface area contributed by atoms with Crippen molar-refractivity contribution in [3.05, 3.63) is 32.9 Å². The van der Waals surface area contributed by atoms with E-state index in [1.165, 1.54) is 6.07 Å². The second kappa shape index (κ2) is 3.93. The molecule has 1 aromatic rings. The van der Waals surface area contributed by atoms with Crippen LogP contribution in [0.5, 0.6) is 0 Å². The Morgan fingerprint density at radius 3 is 2.67 bits per heavy atom. The average molecular weight is 282 g/mol. The Kier molecular flexibility index (Phi) is 3.13. The number of carbonyl (C=O) groups is 1. The van der Waals surface area contributed by atoms with Gasteiger partial charge in [0.2, 0.25) is 0 Å². The van der Waals surface area contributed by atoms with Gasteiger partial charge in [0.1, 0.15) is 6.29 Å². The fourth-order valence-electron chi connectivity index (χ4n) is 0.840. The molecule has 0 heterocycles. The summed E-state index contributed by atoms with van der Waals surface area (Å²) in [4.78, 5) is 10.1. The molecule has 64 valence electrons. The van der Waals surface area contributed by atoms with Crippen molar-refractivity contribution in [3.8, 4) is 0 Å². The summed E-state index contributed by atoms with van der Waals surface area (Å²) < 4.78 is 26.1. The SMILES string of the molecule is O=CCc1c(I)ccc(F)c1F. The van der Waals surface area contributed by atoms with Crippen molar-refractivity contribution in [2.75, 3.05) is 0 Å². The van der Waals surface area contributed by atoms with Gasteiger partial charge in [0.15, 0.2) is 11.6 Å². The minimum absolute atomic E-state index is 0.0815. The Bertz CT molecular complexity index is 312. The van der Waals surface area contributed by atoms with E-state index >= 15 is 0 Å². The maximum Gasteiger partial charge on any atom is 0.163 e. The van der Waals surface area contributed by atoms with Gasteiger partial charge in [0.05, 0.1) is 0 Å². The zero-order valence-electron chi connectivity index (χ0n) is 5.98. The summed E-state index contributed by atoms with van der Waals surface area (Å²) in [7, 11) is 0. The molecule has 0 saturated carbocycles. The van der Waals surface area contributed by atoms with Crippen LogP contribution in [0, 0.1) is 15.2 Å². The molecule has 1 aromatic carbocycles. The van der Waals surface area contributed by atoms with Gasteiger partial charge in [-0.05, 0) is 34.7 Å². The molecule has 0 radical (unpaired) electrons. The van der Waals surface area contributed by atoms with Crippen molar-refractivity contribution in [1.29, 1.82) is 0 Å². The highest BCUT2D eigenvalue weighted by Crippen LogP contribution is 2.18. The number of carbonyl (C=O) groups excluding carboxylic acids is 1. The molecule has 4 heteroatoms. The van der Waals surface area contributed by atoms with E-state index < -0.39 is 11.6 Å². The van der Waals surface area contributed by atoms with Crippen LogP contribution in [0.3, 0.4) is 0 Å². The third-order valence-electron chi connectivity index (χ3n) is 1.43. The van der Waals surface area contributed by atoms with Crippen molar-refractivity contribution >= 4 is 28.9 Å².